The van der Waals surface area contributed by atoms with Crippen molar-refractivity contribution < 1.29 is 0 Å². The molecule has 0 aromatic rings. The van der Waals surface area contributed by atoms with Crippen molar-refractivity contribution in [3.05, 3.63) is 0 Å². The molecule has 0 aliphatic rings. The van der Waals surface area contributed by atoms with Crippen LogP contribution in [0.5, 0.6) is 0 Å². The molecule has 0 fully saturated rings. The number of rotatable bonds is 66. The Kier molecular flexibility index (Phi) is 87.2. The Labute approximate surface area is 720 Å². The van der Waals surface area contributed by atoms with E-state index < -0.39 is 0 Å². The zero-order chi connectivity index (χ0) is 96.0. The minimum atomic E-state index is 1.33. The van der Waals surface area contributed by atoms with E-state index in [0.717, 1.165) is 0 Å². The number of halogens is 1. The first-order valence-corrected chi connectivity index (χ1v) is 28.1. The second-order valence-corrected chi connectivity index (χ2v) is 12.5. The number of nitrogens with zero attached hydrogens (tertiary/aromatic N) is 132. The lowest BCUT2D eigenvalue weighted by Crippen LogP contribution is -1.52. The van der Waals surface area contributed by atoms with Gasteiger partial charge in [0.1, 0.15) is 0 Å². The predicted molar refractivity (Wildman–Crippen MR) is 343 cm³/mol. The molecule has 0 aromatic heterocycles. The fraction of sp³-hybridized carbons (Fsp3) is 0. The lowest BCUT2D eigenvalue weighted by atomic mass is 11.7. The Morgan fingerprint density at radius 2 is 0.119 bits per heavy atom. The Hall–Kier alpha value is -26.0. The van der Waals surface area contributed by atoms with Crippen molar-refractivity contribution in [3.8, 4) is 0 Å². The van der Waals surface area contributed by atoms with Crippen molar-refractivity contribution in [1.29, 1.82) is 5.53 Å². The smallest absolute Gasteiger partial charge is 0.0897 e. The summed E-state index contributed by atoms with van der Waals surface area (Å²) < 4.78 is 1.33. The molecule has 0 rings (SSSR count). The van der Waals surface area contributed by atoms with E-state index in [0.29, 0.717) is 0 Å². The quantitative estimate of drug-likeness (QED) is 0.0257. The highest BCUT2D eigenvalue weighted by molar-refractivity contribution is 14.1. The van der Waals surface area contributed by atoms with Gasteiger partial charge in [0.05, 0.1) is 4.22 Å². The van der Waals surface area contributed by atoms with Gasteiger partial charge in [-0.1, -0.05) is 0 Å². The number of hydrogen-bond donors (Lipinski definition) is 1. The van der Waals surface area contributed by atoms with E-state index in [2.05, 4.69) is 689 Å². The predicted octanol–water partition coefficient (Wildman–Crippen LogP) is 25.3. The van der Waals surface area contributed by atoms with E-state index in [4.69, 9.17) is 5.53 Å². The van der Waals surface area contributed by atoms with Gasteiger partial charge in [-0.05, 0) is 106 Å². The highest BCUT2D eigenvalue weighted by Crippen LogP contribution is 2.02. The number of nitrogens with one attached hydrogen (secondary N) is 1. The first-order valence-electron chi connectivity index (χ1n) is 26.9. The molecular weight excluding hydrogens is 2000 g/mol. The average molecular weight is 2000 g/mol. The molecule has 0 unspecified atom stereocenters. The summed E-state index contributed by atoms with van der Waals surface area (Å²) in [5, 5.41) is 396. The van der Waals surface area contributed by atoms with Crippen LogP contribution in [0.15, 0.2) is 689 Å². The van der Waals surface area contributed by atoms with Gasteiger partial charge in [0.15, 0.2) is 0 Å². The lowest BCUT2D eigenvalue weighted by molar-refractivity contribution is 0.722. The third kappa shape index (κ3) is 108. The Bertz CT molecular complexity index is 4900. The van der Waals surface area contributed by atoms with Gasteiger partial charge in [0, 0.05) is 601 Å². The molecule has 0 spiro atoms. The summed E-state index contributed by atoms with van der Waals surface area (Å²) in [5.74, 6) is 0. The molecule has 133 nitrogen and oxygen atoms in total. The minimum Gasteiger partial charge on any atom is -0.183 e. The van der Waals surface area contributed by atoms with E-state index >= 15 is 0 Å². The van der Waals surface area contributed by atoms with Gasteiger partial charge in [0.2, 0.25) is 0 Å². The Morgan fingerprint density at radius 3 is 0.163 bits per heavy atom. The second kappa shape index (κ2) is 108. The van der Waals surface area contributed by atoms with E-state index in [1.54, 1.807) is 0 Å². The van der Waals surface area contributed by atoms with Crippen LogP contribution < -0.4 is 0 Å². The van der Waals surface area contributed by atoms with E-state index in [1.165, 1.54) is 4.22 Å². The molecule has 0 radical (unpaired) electrons. The van der Waals surface area contributed by atoms with Crippen LogP contribution in [0.3, 0.4) is 0 Å². The molecule has 0 aliphatic heterocycles. The maximum atomic E-state index is 6.28. The van der Waals surface area contributed by atoms with Crippen LogP contribution in [-0.2, 0) is 0 Å². The summed E-state index contributed by atoms with van der Waals surface area (Å²) >= 11 is 1.81. The van der Waals surface area contributed by atoms with Gasteiger partial charge in [-0.25, -0.2) is 0 Å². The molecule has 0 aliphatic carbocycles. The highest BCUT2D eigenvalue weighted by Gasteiger charge is 1.83. The molecule has 0 atom stereocenters. The second-order valence-electron chi connectivity index (χ2n) is 11.9. The van der Waals surface area contributed by atoms with Gasteiger partial charge < -0.3 is 0 Å². The fourth-order valence-electron chi connectivity index (χ4n) is 2.35. The van der Waals surface area contributed by atoms with Crippen LogP contribution >= 0.6 is 22.6 Å². The molecule has 0 heterocycles. The summed E-state index contributed by atoms with van der Waals surface area (Å²) in [7, 11) is 0. The van der Waals surface area contributed by atoms with Crippen LogP contribution in [0.4, 0.5) is 0 Å². The van der Waals surface area contributed by atoms with Crippen LogP contribution in [0.25, 0.3) is 0 Å². The fourth-order valence-corrected chi connectivity index (χ4v) is 2.46. The maximum absolute atomic E-state index is 6.28. The zero-order valence-corrected chi connectivity index (χ0v) is 62.6. The molecule has 678 valence electrons. The maximum Gasteiger partial charge on any atom is 0.0897 e. The molecule has 0 bridgehead atoms. The highest BCUT2D eigenvalue weighted by atomic mass is 127. The third-order valence-corrected chi connectivity index (χ3v) is 5.55. The summed E-state index contributed by atoms with van der Waals surface area (Å²) in [5.41, 5.74) is 6.28. The summed E-state index contributed by atoms with van der Waals surface area (Å²) in [6, 6.07) is 0. The lowest BCUT2D eigenvalue weighted by Gasteiger charge is -1.71. The van der Waals surface area contributed by atoms with E-state index in [9.17, 15) is 0 Å². The van der Waals surface area contributed by atoms with E-state index in [1.807, 2.05) is 22.6 Å². The average Bonchev–Trinajstić information content (AvgIpc) is 1.14. The summed E-state index contributed by atoms with van der Waals surface area (Å²) in [6.07, 6.45) is 0. The molecule has 0 saturated heterocycles. The molecule has 0 amide bonds. The normalized spacial score (nSPS) is 15.7. The van der Waals surface area contributed by atoms with Gasteiger partial charge in [0.25, 0.3) is 0 Å². The first-order chi connectivity index (χ1) is 67.4. The molecule has 1 N–H and O–H groups in total. The van der Waals surface area contributed by atoms with Crippen molar-refractivity contribution >= 4 is 26.8 Å². The van der Waals surface area contributed by atoms with Gasteiger partial charge >= 0.3 is 0 Å². The topological polar surface area (TPSA) is 1660 Å². The molecular formula is CH2IN133. The van der Waals surface area contributed by atoms with Crippen molar-refractivity contribution in [2.24, 2.45) is 689 Å². The van der Waals surface area contributed by atoms with Gasteiger partial charge in [-0.2, -0.15) is 5.53 Å². The first kappa shape index (κ1) is 109. The van der Waals surface area contributed by atoms with Crippen molar-refractivity contribution in [1.82, 2.24) is 0 Å². The largest absolute Gasteiger partial charge is 0.183 e. The number of hydrogen-bond acceptors (Lipinski definition) is 2. The van der Waals surface area contributed by atoms with Crippen LogP contribution in [0.1, 0.15) is 0 Å². The van der Waals surface area contributed by atoms with Crippen LogP contribution in [0.2, 0.25) is 0 Å². The van der Waals surface area contributed by atoms with Crippen molar-refractivity contribution in [3.63, 3.8) is 0 Å². The molecule has 134 heteroatoms. The molecule has 0 saturated carbocycles. The Balaban J connectivity index is 4.14. The zero-order valence-electron chi connectivity index (χ0n) is 60.5. The van der Waals surface area contributed by atoms with Gasteiger partial charge in [-0.15, -0.1) is 5.10 Å². The van der Waals surface area contributed by atoms with Crippen molar-refractivity contribution in [2.45, 2.75) is 0 Å². The molecule has 0 aromatic carbocycles. The monoisotopic (exact) mass is 2000 g/mol. The van der Waals surface area contributed by atoms with E-state index in [-0.39, 0.29) is 0 Å². The van der Waals surface area contributed by atoms with Crippen molar-refractivity contribution in [2.75, 3.05) is 0 Å². The Morgan fingerprint density at radius 1 is 0.0741 bits per heavy atom. The van der Waals surface area contributed by atoms with Crippen LogP contribution in [0, 0.1) is 5.53 Å². The summed E-state index contributed by atoms with van der Waals surface area (Å²) in [4.78, 5) is 0. The third-order valence-electron chi connectivity index (χ3n) is 5.30. The summed E-state index contributed by atoms with van der Waals surface area (Å²) in [6.45, 7) is 0. The SMILES string of the molecule is N=NN=NN=NN=NN=NN=NN=NN=NN=NN=NN=NN=NN=NN=NN=NN=NN=NN=NN=NN=NN=NN=NN=NN=NN=NN=NN=NN=NN=NN=NN=NN=NN=NN=NN=NN=NN=NN=NN=NN=NN=NN=NN=NN=NN=NN=NN=NN=NN=NN=NN=NN=NN=NN=NN=NN=NN=NN=NN=NN=NN=NN=NN=NN=NN=NN=NN=CI. The standard InChI is InChI=1S/CH2IN133/c2-1-4-6-8-10-12-14-16-18-20-22-24-26-28-30-32-34-36-38-40-42-44-46-48-50-52-54-56-58-60-62-64-66-68-70-72-74-76-78-80-82-84-86-88-90-92-94-96-98-100-102-104-106-108-110-112-114-116-118-120-122-124-126-128-130-132-134-135-133-131-129-127-125-123-121-119-117-115-113-111-109-107-105-103-101-99-97-95-93-91-89-87-85-83-81-79-77-75-73-71-69-67-65-63-61-59-57-55-53-51-49-47-45-43-41-39-37-35-33-31-29-27-25-23-21-19-17-15-13-11-9-7-5-3/h1,3H. The molecule has 135 heavy (non-hydrogen) atoms. The minimum absolute atomic E-state index is 1.33. The van der Waals surface area contributed by atoms with Gasteiger partial charge in [-0.3, -0.25) is 0 Å². The van der Waals surface area contributed by atoms with Crippen LogP contribution in [-0.4, -0.2) is 4.22 Å².